The quantitative estimate of drug-likeness (QED) is 0.935. The fourth-order valence-corrected chi connectivity index (χ4v) is 2.10. The Hall–Kier alpha value is -2.12. The second-order valence-corrected chi connectivity index (χ2v) is 5.26. The number of nitriles is 1. The van der Waals surface area contributed by atoms with E-state index in [0.717, 1.165) is 15.6 Å². The maximum absolute atomic E-state index is 12.0. The van der Waals surface area contributed by atoms with Crippen LogP contribution in [0.1, 0.15) is 17.2 Å². The molecule has 0 radical (unpaired) electrons. The van der Waals surface area contributed by atoms with Gasteiger partial charge in [0.05, 0.1) is 12.5 Å². The molecule has 0 aliphatic carbocycles. The maximum atomic E-state index is 12.0. The predicted molar refractivity (Wildman–Crippen MR) is 80.8 cm³/mol. The summed E-state index contributed by atoms with van der Waals surface area (Å²) in [6.07, 6.45) is 0.262. The van der Waals surface area contributed by atoms with Crippen molar-refractivity contribution in [2.24, 2.45) is 0 Å². The van der Waals surface area contributed by atoms with E-state index in [4.69, 9.17) is 5.26 Å². The highest BCUT2D eigenvalue weighted by molar-refractivity contribution is 9.10. The van der Waals surface area contributed by atoms with Crippen LogP contribution in [0.25, 0.3) is 0 Å². The van der Waals surface area contributed by atoms with Gasteiger partial charge in [-0.1, -0.05) is 58.4 Å². The minimum absolute atomic E-state index is 0.164. The highest BCUT2D eigenvalue weighted by Crippen LogP contribution is 2.13. The number of nitrogens with zero attached hydrogens (tertiary/aromatic N) is 1. The fourth-order valence-electron chi connectivity index (χ4n) is 1.84. The average Bonchev–Trinajstić information content (AvgIpc) is 2.48. The summed E-state index contributed by atoms with van der Waals surface area (Å²) < 4.78 is 0.973. The Morgan fingerprint density at radius 1 is 1.15 bits per heavy atom. The summed E-state index contributed by atoms with van der Waals surface area (Å²) in [5, 5.41) is 11.9. The van der Waals surface area contributed by atoms with E-state index in [-0.39, 0.29) is 12.3 Å². The summed E-state index contributed by atoms with van der Waals surface area (Å²) in [6.45, 7) is 0. The molecule has 3 nitrogen and oxygen atoms in total. The zero-order chi connectivity index (χ0) is 14.4. The molecule has 2 aromatic carbocycles. The number of carbonyl (C=O) groups is 1. The number of hydrogen-bond acceptors (Lipinski definition) is 2. The van der Waals surface area contributed by atoms with Gasteiger partial charge in [-0.2, -0.15) is 5.26 Å². The lowest BCUT2D eigenvalue weighted by Gasteiger charge is -2.12. The summed E-state index contributed by atoms with van der Waals surface area (Å²) in [5.41, 5.74) is 1.70. The van der Waals surface area contributed by atoms with Crippen molar-refractivity contribution >= 4 is 21.8 Å². The molecule has 2 aromatic rings. The number of rotatable bonds is 4. The van der Waals surface area contributed by atoms with Gasteiger partial charge in [-0.3, -0.25) is 4.79 Å². The number of nitrogens with one attached hydrogen (secondary N) is 1. The molecule has 4 heteroatoms. The van der Waals surface area contributed by atoms with Crippen molar-refractivity contribution in [3.05, 3.63) is 70.2 Å². The van der Waals surface area contributed by atoms with Crippen LogP contribution < -0.4 is 5.32 Å². The van der Waals surface area contributed by atoms with Gasteiger partial charge in [-0.25, -0.2) is 0 Å². The topological polar surface area (TPSA) is 52.9 Å². The van der Waals surface area contributed by atoms with Crippen molar-refractivity contribution in [1.82, 2.24) is 5.32 Å². The number of halogens is 1. The van der Waals surface area contributed by atoms with Crippen molar-refractivity contribution in [2.45, 2.75) is 12.5 Å². The molecule has 0 aliphatic rings. The number of hydrogen-bond donors (Lipinski definition) is 1. The molecule has 100 valence electrons. The van der Waals surface area contributed by atoms with Crippen LogP contribution in [0.15, 0.2) is 59.1 Å². The minimum atomic E-state index is -0.612. The lowest BCUT2D eigenvalue weighted by molar-refractivity contribution is -0.120. The Morgan fingerprint density at radius 2 is 1.80 bits per heavy atom. The van der Waals surface area contributed by atoms with Crippen LogP contribution in [0.3, 0.4) is 0 Å². The second kappa shape index (κ2) is 6.88. The monoisotopic (exact) mass is 328 g/mol. The van der Waals surface area contributed by atoms with E-state index in [0.29, 0.717) is 0 Å². The van der Waals surface area contributed by atoms with Gasteiger partial charge in [0, 0.05) is 4.47 Å². The zero-order valence-corrected chi connectivity index (χ0v) is 12.3. The third-order valence-electron chi connectivity index (χ3n) is 2.85. The van der Waals surface area contributed by atoms with Crippen molar-refractivity contribution < 1.29 is 4.79 Å². The molecule has 0 fully saturated rings. The van der Waals surface area contributed by atoms with Crippen LogP contribution in [0.4, 0.5) is 0 Å². The van der Waals surface area contributed by atoms with Gasteiger partial charge in [-0.15, -0.1) is 0 Å². The number of amides is 1. The normalized spacial score (nSPS) is 11.4. The Kier molecular flexibility index (Phi) is 4.91. The minimum Gasteiger partial charge on any atom is -0.336 e. The first kappa shape index (κ1) is 14.3. The molecule has 0 saturated carbocycles. The van der Waals surface area contributed by atoms with Crippen LogP contribution in [0.5, 0.6) is 0 Å². The highest BCUT2D eigenvalue weighted by atomic mass is 79.9. The van der Waals surface area contributed by atoms with Gasteiger partial charge >= 0.3 is 0 Å². The SMILES string of the molecule is N#CC(NC(=O)Cc1ccc(Br)cc1)c1ccccc1. The molecule has 1 amide bonds. The molecular formula is C16H13BrN2O. The molecular weight excluding hydrogens is 316 g/mol. The molecule has 0 spiro atoms. The van der Waals surface area contributed by atoms with Crippen LogP contribution in [-0.4, -0.2) is 5.91 Å². The van der Waals surface area contributed by atoms with Gasteiger partial charge in [0.15, 0.2) is 0 Å². The van der Waals surface area contributed by atoms with E-state index in [1.807, 2.05) is 54.6 Å². The third-order valence-corrected chi connectivity index (χ3v) is 3.37. The molecule has 0 aromatic heterocycles. The Labute approximate surface area is 126 Å². The smallest absolute Gasteiger partial charge is 0.225 e. The highest BCUT2D eigenvalue weighted by Gasteiger charge is 2.13. The summed E-state index contributed by atoms with van der Waals surface area (Å²) in [5.74, 6) is -0.164. The molecule has 1 atom stereocenters. The maximum Gasteiger partial charge on any atom is 0.225 e. The fraction of sp³-hybridized carbons (Fsp3) is 0.125. The van der Waals surface area contributed by atoms with Crippen LogP contribution >= 0.6 is 15.9 Å². The van der Waals surface area contributed by atoms with E-state index in [9.17, 15) is 4.79 Å². The van der Waals surface area contributed by atoms with Gasteiger partial charge in [-0.05, 0) is 23.3 Å². The largest absolute Gasteiger partial charge is 0.336 e. The summed E-state index contributed by atoms with van der Waals surface area (Å²) in [6, 6.07) is 18.3. The first-order chi connectivity index (χ1) is 9.69. The second-order valence-electron chi connectivity index (χ2n) is 4.34. The van der Waals surface area contributed by atoms with Crippen LogP contribution in [-0.2, 0) is 11.2 Å². The summed E-state index contributed by atoms with van der Waals surface area (Å²) in [4.78, 5) is 12.0. The van der Waals surface area contributed by atoms with Gasteiger partial charge < -0.3 is 5.32 Å². The first-order valence-corrected chi connectivity index (χ1v) is 6.96. The number of carbonyl (C=O) groups excluding carboxylic acids is 1. The van der Waals surface area contributed by atoms with Crippen LogP contribution in [0, 0.1) is 11.3 Å². The molecule has 0 aliphatic heterocycles. The van der Waals surface area contributed by atoms with Gasteiger partial charge in [0.1, 0.15) is 6.04 Å². The van der Waals surface area contributed by atoms with Gasteiger partial charge in [0.2, 0.25) is 5.91 Å². The molecule has 1 N–H and O–H groups in total. The predicted octanol–water partition coefficient (Wildman–Crippen LogP) is 3.37. The van der Waals surface area contributed by atoms with E-state index in [2.05, 4.69) is 27.3 Å². The van der Waals surface area contributed by atoms with E-state index in [1.54, 1.807) is 0 Å². The van der Waals surface area contributed by atoms with Crippen molar-refractivity contribution in [3.8, 4) is 6.07 Å². The Balaban J connectivity index is 2.00. The van der Waals surface area contributed by atoms with E-state index >= 15 is 0 Å². The van der Waals surface area contributed by atoms with Crippen molar-refractivity contribution in [2.75, 3.05) is 0 Å². The molecule has 20 heavy (non-hydrogen) atoms. The molecule has 0 bridgehead atoms. The first-order valence-electron chi connectivity index (χ1n) is 6.17. The van der Waals surface area contributed by atoms with Crippen molar-refractivity contribution in [3.63, 3.8) is 0 Å². The summed E-state index contributed by atoms with van der Waals surface area (Å²) in [7, 11) is 0. The van der Waals surface area contributed by atoms with E-state index in [1.165, 1.54) is 0 Å². The molecule has 1 unspecified atom stereocenters. The lowest BCUT2D eigenvalue weighted by Crippen LogP contribution is -2.28. The molecule has 0 saturated heterocycles. The van der Waals surface area contributed by atoms with Gasteiger partial charge in [0.25, 0.3) is 0 Å². The Morgan fingerprint density at radius 3 is 2.40 bits per heavy atom. The third kappa shape index (κ3) is 3.94. The molecule has 0 heterocycles. The molecule has 2 rings (SSSR count). The number of benzene rings is 2. The van der Waals surface area contributed by atoms with Crippen molar-refractivity contribution in [1.29, 1.82) is 5.26 Å². The summed E-state index contributed by atoms with van der Waals surface area (Å²) >= 11 is 3.35. The Bertz CT molecular complexity index is 617. The van der Waals surface area contributed by atoms with E-state index < -0.39 is 6.04 Å². The average molecular weight is 329 g/mol. The standard InChI is InChI=1S/C16H13BrN2O/c17-14-8-6-12(7-9-14)10-16(20)19-15(11-18)13-4-2-1-3-5-13/h1-9,15H,10H2,(H,19,20). The zero-order valence-electron chi connectivity index (χ0n) is 10.7. The van der Waals surface area contributed by atoms with Crippen LogP contribution in [0.2, 0.25) is 0 Å². The lowest BCUT2D eigenvalue weighted by atomic mass is 10.1.